The zero-order valence-electron chi connectivity index (χ0n) is 15.7. The number of carbonyl (C=O) groups is 2. The minimum Gasteiger partial charge on any atom is -0.345 e. The van der Waals surface area contributed by atoms with Gasteiger partial charge in [-0.2, -0.15) is 0 Å². The van der Waals surface area contributed by atoms with E-state index in [1.165, 1.54) is 0 Å². The van der Waals surface area contributed by atoms with Crippen LogP contribution in [0.25, 0.3) is 0 Å². The molecule has 138 valence electrons. The van der Waals surface area contributed by atoms with Crippen molar-refractivity contribution in [3.05, 3.63) is 65.7 Å². The molecule has 26 heavy (non-hydrogen) atoms. The second-order valence-electron chi connectivity index (χ2n) is 6.57. The second-order valence-corrected chi connectivity index (χ2v) is 6.57. The molecule has 5 nitrogen and oxygen atoms in total. The largest absolute Gasteiger partial charge is 0.345 e. The van der Waals surface area contributed by atoms with Crippen LogP contribution in [0.4, 0.5) is 5.69 Å². The maximum atomic E-state index is 12.3. The molecule has 0 heterocycles. The van der Waals surface area contributed by atoms with E-state index in [-0.39, 0.29) is 30.9 Å². The molecule has 2 aromatic rings. The summed E-state index contributed by atoms with van der Waals surface area (Å²) >= 11 is 0. The number of aryl methyl sites for hydroxylation is 1. The number of nitrogens with one attached hydrogen (secondary N) is 3. The molecular weight excluding hydrogens is 326 g/mol. The van der Waals surface area contributed by atoms with E-state index in [0.29, 0.717) is 0 Å². The van der Waals surface area contributed by atoms with E-state index in [4.69, 9.17) is 0 Å². The highest BCUT2D eigenvalue weighted by Gasteiger charge is 2.17. The molecule has 0 saturated heterocycles. The van der Waals surface area contributed by atoms with Crippen LogP contribution in [0.3, 0.4) is 0 Å². The topological polar surface area (TPSA) is 62.6 Å². The molecule has 2 aromatic carbocycles. The van der Waals surface area contributed by atoms with Crippen molar-refractivity contribution in [1.29, 1.82) is 0 Å². The van der Waals surface area contributed by atoms with Crippen molar-refractivity contribution in [2.24, 2.45) is 0 Å². The highest BCUT2D eigenvalue weighted by Crippen LogP contribution is 2.14. The van der Waals surface area contributed by atoms with E-state index in [1.807, 2.05) is 68.6 Å². The van der Waals surface area contributed by atoms with Gasteiger partial charge in [0.25, 0.3) is 11.8 Å². The van der Waals surface area contributed by atoms with Gasteiger partial charge in [-0.1, -0.05) is 55.5 Å². The summed E-state index contributed by atoms with van der Waals surface area (Å²) in [4.78, 5) is 25.3. The third-order valence-corrected chi connectivity index (χ3v) is 4.27. The Morgan fingerprint density at radius 2 is 1.58 bits per heavy atom. The maximum absolute atomic E-state index is 12.3. The van der Waals surface area contributed by atoms with Gasteiger partial charge in [-0.05, 0) is 30.5 Å². The molecule has 0 fully saturated rings. The fraction of sp³-hybridized carbons (Fsp3) is 0.333. The van der Waals surface area contributed by atoms with Crippen molar-refractivity contribution in [2.75, 3.05) is 25.5 Å². The van der Waals surface area contributed by atoms with Crippen molar-refractivity contribution in [1.82, 2.24) is 5.32 Å². The summed E-state index contributed by atoms with van der Waals surface area (Å²) in [6.45, 7) is 4.50. The third-order valence-electron chi connectivity index (χ3n) is 4.27. The van der Waals surface area contributed by atoms with Crippen LogP contribution in [0.1, 0.15) is 31.0 Å². The number of rotatable bonds is 8. The Bertz CT molecular complexity index is 731. The minimum absolute atomic E-state index is 0.0539. The number of para-hydroxylation sites is 1. The van der Waals surface area contributed by atoms with Crippen LogP contribution in [0, 0.1) is 0 Å². The standard InChI is InChI=1S/C21H27N3O2/c1-4-17-10-8-9-13-19(17)23-21(26)15-24(3)14-20(25)22-16(2)18-11-6-5-7-12-18/h5-13,16H,4,14-15H2,1-3H3,(H,22,25)(H,23,26)/p+1/t16-/m0/s1. The van der Waals surface area contributed by atoms with Crippen LogP contribution in [-0.4, -0.2) is 32.0 Å². The molecule has 0 aliphatic rings. The first kappa shape index (κ1) is 19.7. The molecule has 2 amide bonds. The molecule has 2 rings (SSSR count). The summed E-state index contributed by atoms with van der Waals surface area (Å²) in [7, 11) is 1.85. The predicted octanol–water partition coefficient (Wildman–Crippen LogP) is 1.58. The van der Waals surface area contributed by atoms with Crippen molar-refractivity contribution < 1.29 is 14.5 Å². The molecule has 0 saturated carbocycles. The number of quaternary nitrogens is 1. The first-order chi connectivity index (χ1) is 12.5. The van der Waals surface area contributed by atoms with Crippen LogP contribution in [0.2, 0.25) is 0 Å². The van der Waals surface area contributed by atoms with Crippen LogP contribution in [0.15, 0.2) is 54.6 Å². The van der Waals surface area contributed by atoms with E-state index in [9.17, 15) is 9.59 Å². The van der Waals surface area contributed by atoms with Crippen LogP contribution in [-0.2, 0) is 16.0 Å². The van der Waals surface area contributed by atoms with Crippen LogP contribution < -0.4 is 15.5 Å². The maximum Gasteiger partial charge on any atom is 0.279 e. The Kier molecular flexibility index (Phi) is 7.36. The Morgan fingerprint density at radius 3 is 2.27 bits per heavy atom. The van der Waals surface area contributed by atoms with E-state index in [1.54, 1.807) is 0 Å². The summed E-state index contributed by atoms with van der Waals surface area (Å²) in [6.07, 6.45) is 0.860. The second kappa shape index (κ2) is 9.73. The third kappa shape index (κ3) is 6.01. The van der Waals surface area contributed by atoms with E-state index >= 15 is 0 Å². The number of anilines is 1. The van der Waals surface area contributed by atoms with Crippen molar-refractivity contribution in [3.8, 4) is 0 Å². The first-order valence-corrected chi connectivity index (χ1v) is 9.03. The number of carbonyl (C=O) groups excluding carboxylic acids is 2. The fourth-order valence-corrected chi connectivity index (χ4v) is 2.87. The Labute approximate surface area is 155 Å². The number of amides is 2. The average molecular weight is 354 g/mol. The smallest absolute Gasteiger partial charge is 0.279 e. The molecular formula is C21H28N3O2+. The van der Waals surface area contributed by atoms with Crippen molar-refractivity contribution in [3.63, 3.8) is 0 Å². The highest BCUT2D eigenvalue weighted by atomic mass is 16.2. The Hall–Kier alpha value is -2.66. The lowest BCUT2D eigenvalue weighted by molar-refractivity contribution is -0.862. The molecule has 0 aliphatic heterocycles. The SMILES string of the molecule is CCc1ccccc1NC(=O)C[NH+](C)CC(=O)N[C@@H](C)c1ccccc1. The van der Waals surface area contributed by atoms with Gasteiger partial charge < -0.3 is 15.5 Å². The average Bonchev–Trinajstić information content (AvgIpc) is 2.62. The number of benzene rings is 2. The lowest BCUT2D eigenvalue weighted by Crippen LogP contribution is -3.11. The van der Waals surface area contributed by atoms with Gasteiger partial charge in [0.15, 0.2) is 13.1 Å². The summed E-state index contributed by atoms with van der Waals surface area (Å²) < 4.78 is 0. The van der Waals surface area contributed by atoms with Crippen LogP contribution in [0.5, 0.6) is 0 Å². The number of likely N-dealkylation sites (N-methyl/N-ethyl adjacent to an activating group) is 1. The molecule has 3 N–H and O–H groups in total. The van der Waals surface area contributed by atoms with Crippen LogP contribution >= 0.6 is 0 Å². The first-order valence-electron chi connectivity index (χ1n) is 9.03. The zero-order chi connectivity index (χ0) is 18.9. The number of hydrogen-bond acceptors (Lipinski definition) is 2. The van der Waals surface area contributed by atoms with Gasteiger partial charge in [-0.25, -0.2) is 0 Å². The summed E-state index contributed by atoms with van der Waals surface area (Å²) in [6, 6.07) is 17.5. The van der Waals surface area contributed by atoms with Gasteiger partial charge in [0.1, 0.15) is 0 Å². The minimum atomic E-state index is -0.0905. The van der Waals surface area contributed by atoms with Gasteiger partial charge >= 0.3 is 0 Å². The molecule has 0 radical (unpaired) electrons. The predicted molar refractivity (Wildman–Crippen MR) is 104 cm³/mol. The van der Waals surface area contributed by atoms with Crippen molar-refractivity contribution in [2.45, 2.75) is 26.3 Å². The van der Waals surface area contributed by atoms with Gasteiger partial charge in [0.2, 0.25) is 0 Å². The zero-order valence-corrected chi connectivity index (χ0v) is 15.7. The Balaban J connectivity index is 1.81. The van der Waals surface area contributed by atoms with Gasteiger partial charge in [0.05, 0.1) is 13.1 Å². The summed E-state index contributed by atoms with van der Waals surface area (Å²) in [5.74, 6) is -0.159. The molecule has 0 aliphatic carbocycles. The monoisotopic (exact) mass is 354 g/mol. The summed E-state index contributed by atoms with van der Waals surface area (Å²) in [5.41, 5.74) is 3.01. The Morgan fingerprint density at radius 1 is 0.962 bits per heavy atom. The number of hydrogen-bond donors (Lipinski definition) is 3. The molecule has 1 unspecified atom stereocenters. The van der Waals surface area contributed by atoms with E-state index in [2.05, 4.69) is 17.6 Å². The quantitative estimate of drug-likeness (QED) is 0.674. The highest BCUT2D eigenvalue weighted by molar-refractivity contribution is 5.92. The van der Waals surface area contributed by atoms with Gasteiger partial charge in [-0.15, -0.1) is 0 Å². The molecule has 2 atom stereocenters. The normalized spacial score (nSPS) is 12.9. The van der Waals surface area contributed by atoms with Crippen molar-refractivity contribution >= 4 is 17.5 Å². The molecule has 0 spiro atoms. The fourth-order valence-electron chi connectivity index (χ4n) is 2.87. The summed E-state index contributed by atoms with van der Waals surface area (Å²) in [5, 5.41) is 5.92. The molecule has 0 aromatic heterocycles. The molecule has 0 bridgehead atoms. The lowest BCUT2D eigenvalue weighted by Gasteiger charge is -2.17. The van der Waals surface area contributed by atoms with E-state index in [0.717, 1.165) is 28.1 Å². The van der Waals surface area contributed by atoms with Gasteiger partial charge in [0, 0.05) is 5.69 Å². The molecule has 5 heteroatoms. The van der Waals surface area contributed by atoms with Gasteiger partial charge in [-0.3, -0.25) is 9.59 Å². The van der Waals surface area contributed by atoms with E-state index < -0.39 is 0 Å². The lowest BCUT2D eigenvalue weighted by atomic mass is 10.1.